The molecule has 432 valence electrons. The van der Waals surface area contributed by atoms with Gasteiger partial charge in [0.15, 0.2) is 0 Å². The van der Waals surface area contributed by atoms with Crippen molar-refractivity contribution < 1.29 is 44.4 Å². The number of rotatable bonds is 20. The lowest BCUT2D eigenvalue weighted by atomic mass is 9.73. The Morgan fingerprint density at radius 1 is 0.827 bits per heavy atom. The van der Waals surface area contributed by atoms with E-state index in [9.17, 15) is 44.4 Å². The first-order valence-electron chi connectivity index (χ1n) is 27.1. The number of pyridine rings is 1. The molecule has 3 aliphatic heterocycles. The fourth-order valence-corrected chi connectivity index (χ4v) is 13.9. The molecule has 0 radical (unpaired) electrons. The number of allylic oxidation sites excluding steroid dienone is 1. The normalized spacial score (nSPS) is 19.2. The zero-order valence-electron chi connectivity index (χ0n) is 45.2. The van der Waals surface area contributed by atoms with Gasteiger partial charge in [-0.25, -0.2) is 21.6 Å². The molecule has 1 aliphatic carbocycles. The number of benzene rings is 4. The summed E-state index contributed by atoms with van der Waals surface area (Å²) in [5, 5.41) is 9.35. The van der Waals surface area contributed by atoms with E-state index in [1.165, 1.54) is 40.6 Å². The van der Waals surface area contributed by atoms with Gasteiger partial charge < -0.3 is 20.4 Å². The summed E-state index contributed by atoms with van der Waals surface area (Å²) in [5.41, 5.74) is 0.441. The zero-order chi connectivity index (χ0) is 57.5. The Balaban J connectivity index is 0.833. The lowest BCUT2D eigenvalue weighted by Gasteiger charge is -2.39. The van der Waals surface area contributed by atoms with Crippen molar-refractivity contribution in [1.82, 2.24) is 29.7 Å². The molecular formula is C58H67ClF3N9O7S3. The summed E-state index contributed by atoms with van der Waals surface area (Å²) in [5.74, 6) is -1.42. The van der Waals surface area contributed by atoms with Crippen molar-refractivity contribution in [1.29, 1.82) is 0 Å². The highest BCUT2D eigenvalue weighted by Crippen LogP contribution is 2.43. The predicted molar refractivity (Wildman–Crippen MR) is 310 cm³/mol. The van der Waals surface area contributed by atoms with Crippen molar-refractivity contribution in [3.8, 4) is 0 Å². The first kappa shape index (κ1) is 59.6. The van der Waals surface area contributed by atoms with Crippen molar-refractivity contribution in [2.75, 3.05) is 86.7 Å². The van der Waals surface area contributed by atoms with Crippen LogP contribution in [0.4, 0.5) is 30.2 Å². The molecule has 2 atom stereocenters. The van der Waals surface area contributed by atoms with Crippen molar-refractivity contribution in [3.05, 3.63) is 143 Å². The second-order valence-corrected chi connectivity index (χ2v) is 27.0. The zero-order valence-corrected chi connectivity index (χ0v) is 48.4. The number of aromatic nitrogens is 1. The molecule has 4 aromatic carbocycles. The fraction of sp³-hybridized carbons (Fsp3) is 0.414. The van der Waals surface area contributed by atoms with E-state index in [1.54, 1.807) is 24.5 Å². The van der Waals surface area contributed by atoms with Crippen molar-refractivity contribution in [2.45, 2.75) is 91.2 Å². The molecule has 5 aromatic rings. The molecule has 1 unspecified atom stereocenters. The average molecular weight is 1190 g/mol. The van der Waals surface area contributed by atoms with Crippen LogP contribution in [0, 0.1) is 5.41 Å². The van der Waals surface area contributed by atoms with Gasteiger partial charge in [0.1, 0.15) is 10.9 Å². The van der Waals surface area contributed by atoms with Crippen LogP contribution in [0.3, 0.4) is 0 Å². The van der Waals surface area contributed by atoms with E-state index in [-0.39, 0.29) is 29.2 Å². The maximum absolute atomic E-state index is 14.5. The standard InChI is InChI=1S/C58H67ClF3N9O7S3/c1-57(2)23-20-49(40-8-12-44(59)13-9-40)43(35-57)38-70-30-32-71(33-31-70)46-14-10-41(11-15-46)55(73)67-81(77,78)48-16-17-50(53(34-48)80(75,76)58(60,61)62)64-45(39-79-47-6-4-3-5-7-47)22-25-68-26-28-69(29-27-68)37-42-21-24-63-36-52(42)65-51-18-19-54(72)66-56(51)74/h3-17,21,24,34,36,45,51,64-65H,18-20,22-23,25-33,35,37-39H2,1-2H3,(H,67,73)(H,66,72,74)/t45-,51?/m1/s1. The van der Waals surface area contributed by atoms with Gasteiger partial charge in [0.25, 0.3) is 25.8 Å². The van der Waals surface area contributed by atoms with Gasteiger partial charge in [0.05, 0.1) is 22.5 Å². The van der Waals surface area contributed by atoms with E-state index in [0.717, 1.165) is 80.3 Å². The summed E-state index contributed by atoms with van der Waals surface area (Å²) in [7, 11) is -11.0. The number of amides is 3. The Morgan fingerprint density at radius 3 is 2.20 bits per heavy atom. The van der Waals surface area contributed by atoms with Crippen LogP contribution in [0.15, 0.2) is 136 Å². The van der Waals surface area contributed by atoms with E-state index >= 15 is 0 Å². The number of sulfonamides is 1. The quantitative estimate of drug-likeness (QED) is 0.0426. The maximum atomic E-state index is 14.5. The number of hydrogen-bond donors (Lipinski definition) is 4. The number of hydrogen-bond acceptors (Lipinski definition) is 15. The lowest BCUT2D eigenvalue weighted by Crippen LogP contribution is -2.48. The number of nitrogens with zero attached hydrogens (tertiary/aromatic N) is 5. The van der Waals surface area contributed by atoms with Crippen LogP contribution in [-0.4, -0.2) is 143 Å². The Morgan fingerprint density at radius 2 is 1.51 bits per heavy atom. The van der Waals surface area contributed by atoms with Gasteiger partial charge in [-0.3, -0.25) is 34.5 Å². The van der Waals surface area contributed by atoms with Crippen LogP contribution < -0.4 is 25.6 Å². The number of alkyl halides is 3. The van der Waals surface area contributed by atoms with Gasteiger partial charge in [0.2, 0.25) is 11.8 Å². The molecule has 1 aromatic heterocycles. The smallest absolute Gasteiger partial charge is 0.380 e. The van der Waals surface area contributed by atoms with Crippen LogP contribution >= 0.6 is 23.4 Å². The Labute approximate surface area is 481 Å². The number of halogens is 4. The van der Waals surface area contributed by atoms with Gasteiger partial charge in [-0.15, -0.1) is 11.8 Å². The summed E-state index contributed by atoms with van der Waals surface area (Å²) in [6, 6.07) is 26.9. The second kappa shape index (κ2) is 25.6. The van der Waals surface area contributed by atoms with E-state index in [1.807, 2.05) is 53.3 Å². The van der Waals surface area contributed by atoms with Crippen LogP contribution in [0.5, 0.6) is 0 Å². The minimum absolute atomic E-state index is 0.0219. The highest BCUT2D eigenvalue weighted by atomic mass is 35.5. The molecule has 23 heteroatoms. The first-order chi connectivity index (χ1) is 38.6. The number of anilines is 3. The van der Waals surface area contributed by atoms with Gasteiger partial charge in [0, 0.05) is 118 Å². The lowest BCUT2D eigenvalue weighted by molar-refractivity contribution is -0.133. The van der Waals surface area contributed by atoms with Crippen LogP contribution in [0.2, 0.25) is 5.02 Å². The van der Waals surface area contributed by atoms with E-state index in [2.05, 4.69) is 66.5 Å². The molecule has 16 nitrogen and oxygen atoms in total. The van der Waals surface area contributed by atoms with Gasteiger partial charge >= 0.3 is 5.51 Å². The Hall–Kier alpha value is -6.01. The molecule has 81 heavy (non-hydrogen) atoms. The van der Waals surface area contributed by atoms with Crippen molar-refractivity contribution in [3.63, 3.8) is 0 Å². The SMILES string of the molecule is CC1(C)CCC(c2ccc(Cl)cc2)=C(CN2CCN(c3ccc(C(=O)NS(=O)(=O)c4ccc(N[C@H](CCN5CCN(Cc6ccncc6NC6CCC(=O)NC6=O)CC5)CSc5ccccc5)c(S(=O)(=O)C(F)(F)F)c4)cc3)CC2)C1. The molecule has 9 rings (SSSR count). The Kier molecular flexibility index (Phi) is 18.9. The predicted octanol–water partition coefficient (Wildman–Crippen LogP) is 8.93. The summed E-state index contributed by atoms with van der Waals surface area (Å²) in [6.45, 7) is 12.2. The molecule has 0 saturated carbocycles. The highest BCUT2D eigenvalue weighted by molar-refractivity contribution is 7.99. The van der Waals surface area contributed by atoms with E-state index in [0.29, 0.717) is 74.6 Å². The first-order valence-corrected chi connectivity index (χ1v) is 31.4. The summed E-state index contributed by atoms with van der Waals surface area (Å²) < 4.78 is 99.6. The summed E-state index contributed by atoms with van der Waals surface area (Å²) in [4.78, 5) is 49.8. The molecule has 3 amide bonds. The van der Waals surface area contributed by atoms with Gasteiger partial charge in [-0.05, 0) is 127 Å². The molecule has 4 N–H and O–H groups in total. The maximum Gasteiger partial charge on any atom is 0.501 e. The number of nitrogens with one attached hydrogen (secondary N) is 4. The van der Waals surface area contributed by atoms with Crippen LogP contribution in [0.25, 0.3) is 5.57 Å². The summed E-state index contributed by atoms with van der Waals surface area (Å²) in [6.07, 6.45) is 7.43. The van der Waals surface area contributed by atoms with E-state index in [4.69, 9.17) is 11.6 Å². The molecule has 0 bridgehead atoms. The molecule has 4 heterocycles. The number of thioether (sulfide) groups is 1. The molecule has 0 spiro atoms. The number of carbonyl (C=O) groups is 3. The summed E-state index contributed by atoms with van der Waals surface area (Å²) >= 11 is 7.64. The fourth-order valence-electron chi connectivity index (χ4n) is 10.8. The minimum Gasteiger partial charge on any atom is -0.380 e. The molecule has 3 saturated heterocycles. The van der Waals surface area contributed by atoms with Crippen molar-refractivity contribution in [2.24, 2.45) is 5.41 Å². The largest absolute Gasteiger partial charge is 0.501 e. The van der Waals surface area contributed by atoms with Crippen molar-refractivity contribution >= 4 is 83.6 Å². The number of sulfone groups is 1. The third-order valence-corrected chi connectivity index (χ3v) is 19.7. The third kappa shape index (κ3) is 15.4. The number of imide groups is 1. The van der Waals surface area contributed by atoms with Gasteiger partial charge in [-0.2, -0.15) is 13.2 Å². The monoisotopic (exact) mass is 1190 g/mol. The molecule has 4 aliphatic rings. The number of piperazine rings is 2. The van der Waals surface area contributed by atoms with E-state index < -0.39 is 58.8 Å². The van der Waals surface area contributed by atoms with Gasteiger partial charge in [-0.1, -0.05) is 61.4 Å². The molecular weight excluding hydrogens is 1120 g/mol. The number of carbonyl (C=O) groups excluding carboxylic acids is 3. The topological polar surface area (TPSA) is 193 Å². The average Bonchev–Trinajstić information content (AvgIpc) is 3.55. The van der Waals surface area contributed by atoms with Crippen LogP contribution in [0.1, 0.15) is 73.9 Å². The Bertz CT molecular complexity index is 3320. The second-order valence-electron chi connectivity index (χ2n) is 21.8. The number of piperidine rings is 1. The molecule has 3 fully saturated rings. The highest BCUT2D eigenvalue weighted by Gasteiger charge is 2.48. The third-order valence-electron chi connectivity index (χ3n) is 15.4. The van der Waals surface area contributed by atoms with Crippen LogP contribution in [-0.2, 0) is 36.0 Å². The minimum atomic E-state index is -6.13.